The van der Waals surface area contributed by atoms with Gasteiger partial charge in [-0.15, -0.1) is 0 Å². The normalized spacial score (nSPS) is 43.3. The van der Waals surface area contributed by atoms with Crippen molar-refractivity contribution in [3.05, 3.63) is 29.8 Å². The number of nitrogens with zero attached hydrogens (tertiary/aromatic N) is 2. The first-order valence-corrected chi connectivity index (χ1v) is 26.2. The second-order valence-corrected chi connectivity index (χ2v) is 23.1. The number of aryl methyl sites for hydroxylation is 1. The Morgan fingerprint density at radius 1 is 0.941 bits per heavy atom. The molecule has 0 amide bonds. The highest BCUT2D eigenvalue weighted by Gasteiger charge is 2.59. The fourth-order valence-electron chi connectivity index (χ4n) is 11.0. The maximum Gasteiger partial charge on any atom is 0.311 e. The Hall–Kier alpha value is -2.08. The van der Waals surface area contributed by atoms with Crippen LogP contribution in [0.25, 0.3) is 0 Å². The number of methoxy groups -OCH3 is 1. The number of likely N-dealkylation sites (N-methyl/N-ethyl adjacent to an activating group) is 1. The molecule has 0 bridgehead atoms. The van der Waals surface area contributed by atoms with Gasteiger partial charge in [0.15, 0.2) is 12.6 Å². The molecule has 0 saturated carbocycles. The quantitative estimate of drug-likeness (QED) is 0.149. The van der Waals surface area contributed by atoms with Crippen molar-refractivity contribution in [3.63, 3.8) is 0 Å². The number of hydrogen-bond acceptors (Lipinski definition) is 16. The Morgan fingerprint density at radius 2 is 1.57 bits per heavy atom. The van der Waals surface area contributed by atoms with E-state index in [4.69, 9.17) is 28.4 Å². The number of aliphatic hydroxyl groups is 5. The molecule has 4 aliphatic rings. The lowest BCUT2D eigenvalue weighted by Gasteiger charge is -2.55. The Morgan fingerprint density at radius 3 is 2.18 bits per heavy atom. The van der Waals surface area contributed by atoms with Gasteiger partial charge in [-0.2, -0.15) is 12.7 Å². The SMILES string of the molecule is CC[C@H]1OC(=O)[C@H](C)[C@@H](O[C@H]2C[C@@](C)(OC)[C@](O)(CN3CCCCC3)[C@H](C)O2)[C@H](C)[C@@H](O[C@H]2O[C@@H](C)C[C@@H](N(C)S(=O)(=O)Nc3ccc(C)cc3)[C@@H]2O)[C@](C)(O)C[C@@H](C)CN[C@H](C)[C@@H](O)[C@]1(C)O. The molecule has 4 aliphatic heterocycles. The summed E-state index contributed by atoms with van der Waals surface area (Å²) in [5.41, 5.74) is -4.96. The summed E-state index contributed by atoms with van der Waals surface area (Å²) in [6.07, 6.45) is -6.88. The molecule has 1 aromatic rings. The van der Waals surface area contributed by atoms with Gasteiger partial charge in [-0.05, 0) is 125 Å². The third-order valence-electron chi connectivity index (χ3n) is 15.6. The number of anilines is 1. The summed E-state index contributed by atoms with van der Waals surface area (Å²) in [5, 5.41) is 64.0. The van der Waals surface area contributed by atoms with Crippen molar-refractivity contribution < 1.29 is 67.2 Å². The number of piperidine rings is 1. The van der Waals surface area contributed by atoms with Crippen molar-refractivity contribution in [1.29, 1.82) is 0 Å². The van der Waals surface area contributed by atoms with Gasteiger partial charge in [0.25, 0.3) is 0 Å². The maximum absolute atomic E-state index is 14.6. The lowest BCUT2D eigenvalue weighted by molar-refractivity contribution is -0.339. The van der Waals surface area contributed by atoms with E-state index in [0.29, 0.717) is 18.8 Å². The number of nitrogens with one attached hydrogen (secondary N) is 2. The Bertz CT molecular complexity index is 1890. The molecule has 4 heterocycles. The Balaban J connectivity index is 1.55. The monoisotopic (exact) mass is 987 g/mol. The molecular formula is C49H86N4O14S. The van der Waals surface area contributed by atoms with Gasteiger partial charge in [-0.25, -0.2) is 0 Å². The summed E-state index contributed by atoms with van der Waals surface area (Å²) in [4.78, 5) is 16.8. The van der Waals surface area contributed by atoms with E-state index >= 15 is 0 Å². The smallest absolute Gasteiger partial charge is 0.311 e. The van der Waals surface area contributed by atoms with Gasteiger partial charge in [0, 0.05) is 44.8 Å². The van der Waals surface area contributed by atoms with Crippen LogP contribution in [0.1, 0.15) is 120 Å². The molecular weight excluding hydrogens is 901 g/mol. The molecule has 4 saturated heterocycles. The van der Waals surface area contributed by atoms with Gasteiger partial charge in [0.2, 0.25) is 0 Å². The van der Waals surface area contributed by atoms with Crippen LogP contribution < -0.4 is 10.0 Å². The third-order valence-corrected chi connectivity index (χ3v) is 17.1. The third kappa shape index (κ3) is 12.7. The van der Waals surface area contributed by atoms with Gasteiger partial charge < -0.3 is 64.2 Å². The van der Waals surface area contributed by atoms with Crippen LogP contribution in [-0.2, 0) is 43.4 Å². The molecule has 19 heteroatoms. The van der Waals surface area contributed by atoms with Crippen molar-refractivity contribution >= 4 is 21.9 Å². The maximum atomic E-state index is 14.6. The molecule has 392 valence electrons. The van der Waals surface area contributed by atoms with E-state index in [1.54, 1.807) is 72.7 Å². The fourth-order valence-corrected chi connectivity index (χ4v) is 12.2. The minimum Gasteiger partial charge on any atom is -0.459 e. The van der Waals surface area contributed by atoms with E-state index in [1.165, 1.54) is 21.1 Å². The molecule has 18 atom stereocenters. The van der Waals surface area contributed by atoms with Crippen LogP contribution in [0, 0.1) is 24.7 Å². The number of likely N-dealkylation sites (tertiary alicyclic amines) is 1. The number of carbonyl (C=O) groups excluding carboxylic acids is 1. The van der Waals surface area contributed by atoms with Crippen LogP contribution in [0.15, 0.2) is 24.3 Å². The first-order chi connectivity index (χ1) is 31.6. The molecule has 0 unspecified atom stereocenters. The average Bonchev–Trinajstić information content (AvgIpc) is 3.27. The number of carbonyl (C=O) groups is 1. The van der Waals surface area contributed by atoms with E-state index in [2.05, 4.69) is 14.9 Å². The lowest BCUT2D eigenvalue weighted by atomic mass is 9.74. The zero-order valence-corrected chi connectivity index (χ0v) is 43.7. The first kappa shape index (κ1) is 56.8. The molecule has 0 radical (unpaired) electrons. The zero-order chi connectivity index (χ0) is 50.7. The van der Waals surface area contributed by atoms with E-state index in [0.717, 1.165) is 42.2 Å². The molecule has 0 aromatic heterocycles. The second-order valence-electron chi connectivity index (χ2n) is 21.4. The largest absolute Gasteiger partial charge is 0.459 e. The van der Waals surface area contributed by atoms with Crippen molar-refractivity contribution in [2.45, 2.75) is 211 Å². The predicted molar refractivity (Wildman–Crippen MR) is 257 cm³/mol. The second kappa shape index (κ2) is 22.8. The van der Waals surface area contributed by atoms with Gasteiger partial charge >= 0.3 is 16.2 Å². The summed E-state index contributed by atoms with van der Waals surface area (Å²) in [6.45, 7) is 21.3. The number of ether oxygens (including phenoxy) is 6. The van der Waals surface area contributed by atoms with Crippen LogP contribution in [0.2, 0.25) is 0 Å². The summed E-state index contributed by atoms with van der Waals surface area (Å²) in [5.74, 6) is -3.11. The van der Waals surface area contributed by atoms with Crippen LogP contribution in [0.5, 0.6) is 0 Å². The van der Waals surface area contributed by atoms with E-state index in [1.807, 2.05) is 20.8 Å². The van der Waals surface area contributed by atoms with E-state index in [-0.39, 0.29) is 31.6 Å². The van der Waals surface area contributed by atoms with Crippen LogP contribution in [0.4, 0.5) is 5.69 Å². The minimum absolute atomic E-state index is 0.0469. The Labute approximate surface area is 405 Å². The molecule has 0 spiro atoms. The number of rotatable bonds is 12. The van der Waals surface area contributed by atoms with Gasteiger partial charge in [0.05, 0.1) is 42.0 Å². The molecule has 0 aliphatic carbocycles. The van der Waals surface area contributed by atoms with Gasteiger partial charge in [-0.1, -0.05) is 44.9 Å². The van der Waals surface area contributed by atoms with Crippen molar-refractivity contribution in [3.8, 4) is 0 Å². The topological polar surface area (TPSA) is 238 Å². The number of cyclic esters (lactones) is 1. The predicted octanol–water partition coefficient (Wildman–Crippen LogP) is 3.45. The number of benzene rings is 1. The highest BCUT2D eigenvalue weighted by atomic mass is 32.2. The molecule has 1 aromatic carbocycles. The number of esters is 1. The lowest BCUT2D eigenvalue weighted by Crippen LogP contribution is -2.70. The standard InChI is InChI=1S/C49H86N4O14S/c1-14-38-48(11,58)42(55)34(7)50-27-30(3)25-46(9,57)43(67-45-40(54)37(24-31(4)63-45)52(12)68(60,61)51-36-20-18-29(2)19-21-36)32(5)41(33(6)44(56)65-38)66-39-26-47(10,62-13)49(59,35(8)64-39)28-53-22-16-15-17-23-53/h18-21,30-35,37-43,45,50-51,54-55,57-59H,14-17,22-28H2,1-13H3/t30-,31+,32+,33-,34-,35+,37-,38-,39+,40+,41+,42-,43-,45-,46-,47-,48-,49+/m1/s1. The first-order valence-electron chi connectivity index (χ1n) is 24.8. The Kier molecular flexibility index (Phi) is 19.0. The summed E-state index contributed by atoms with van der Waals surface area (Å²) < 4.78 is 70.1. The number of aliphatic hydroxyl groups excluding tert-OH is 2. The minimum atomic E-state index is -4.21. The molecule has 7 N–H and O–H groups in total. The summed E-state index contributed by atoms with van der Waals surface area (Å²) in [6, 6.07) is 5.17. The fraction of sp³-hybridized carbons (Fsp3) is 0.857. The number of β-amino-alcohol motifs (C(OH)–C–C–N with tert-alkyl or cyclic N) is 1. The van der Waals surface area contributed by atoms with E-state index < -0.39 is 118 Å². The molecule has 5 rings (SSSR count). The van der Waals surface area contributed by atoms with E-state index in [9.17, 15) is 38.7 Å². The highest BCUT2D eigenvalue weighted by molar-refractivity contribution is 7.90. The van der Waals surface area contributed by atoms with Gasteiger partial charge in [-0.3, -0.25) is 9.52 Å². The number of hydrogen-bond donors (Lipinski definition) is 7. The van der Waals surface area contributed by atoms with Crippen molar-refractivity contribution in [2.24, 2.45) is 17.8 Å². The van der Waals surface area contributed by atoms with Crippen LogP contribution in [0.3, 0.4) is 0 Å². The van der Waals surface area contributed by atoms with Crippen LogP contribution >= 0.6 is 0 Å². The van der Waals surface area contributed by atoms with Gasteiger partial charge in [0.1, 0.15) is 35.1 Å². The van der Waals surface area contributed by atoms with Crippen LogP contribution in [-0.4, -0.2) is 179 Å². The zero-order valence-electron chi connectivity index (χ0n) is 42.9. The molecule has 4 fully saturated rings. The molecule has 18 nitrogen and oxygen atoms in total. The summed E-state index contributed by atoms with van der Waals surface area (Å²) >= 11 is 0. The average molecular weight is 987 g/mol. The molecule has 68 heavy (non-hydrogen) atoms. The van der Waals surface area contributed by atoms with Crippen molar-refractivity contribution in [1.82, 2.24) is 14.5 Å². The van der Waals surface area contributed by atoms with Crippen molar-refractivity contribution in [2.75, 3.05) is 45.1 Å². The highest BCUT2D eigenvalue weighted by Crippen LogP contribution is 2.44. The summed E-state index contributed by atoms with van der Waals surface area (Å²) in [7, 11) is -1.29.